The highest BCUT2D eigenvalue weighted by atomic mass is 127. The predicted molar refractivity (Wildman–Crippen MR) is 90.7 cm³/mol. The maximum Gasteiger partial charge on any atom is 0.326 e. The van der Waals surface area contributed by atoms with Gasteiger partial charge in [-0.15, -0.1) is 0 Å². The molecule has 0 saturated heterocycles. The van der Waals surface area contributed by atoms with E-state index in [1.807, 2.05) is 16.7 Å². The van der Waals surface area contributed by atoms with Crippen LogP contribution in [-0.4, -0.2) is 30.3 Å². The van der Waals surface area contributed by atoms with Gasteiger partial charge >= 0.3 is 5.69 Å². The molecule has 2 heterocycles. The van der Waals surface area contributed by atoms with E-state index in [-0.39, 0.29) is 5.69 Å². The topological polar surface area (TPSA) is 90.9 Å². The number of aryl methyl sites for hydroxylation is 2. The van der Waals surface area contributed by atoms with Crippen LogP contribution in [0.2, 0.25) is 0 Å². The van der Waals surface area contributed by atoms with Gasteiger partial charge < -0.3 is 20.0 Å². The fourth-order valence-corrected chi connectivity index (χ4v) is 2.79. The van der Waals surface area contributed by atoms with Gasteiger partial charge in [0.25, 0.3) is 0 Å². The molecule has 0 fully saturated rings. The third-order valence-corrected chi connectivity index (χ3v) is 3.99. The minimum atomic E-state index is -0.132. The van der Waals surface area contributed by atoms with Gasteiger partial charge in [-0.05, 0) is 18.6 Å². The van der Waals surface area contributed by atoms with Crippen LogP contribution in [0.3, 0.4) is 0 Å². The second-order valence-electron chi connectivity index (χ2n) is 4.84. The number of imidazole rings is 2. The summed E-state index contributed by atoms with van der Waals surface area (Å²) in [6.07, 6.45) is 0.864. The SMILES string of the molecule is Cn1c(=O)[nH]c2cc3nc(N)n(CCCOCI)c3cc21. The molecule has 112 valence electrons. The fourth-order valence-electron chi connectivity index (χ4n) is 2.48. The first kappa shape index (κ1) is 14.4. The lowest BCUT2D eigenvalue weighted by molar-refractivity contribution is 0.183. The van der Waals surface area contributed by atoms with Crippen LogP contribution in [0.4, 0.5) is 5.95 Å². The van der Waals surface area contributed by atoms with Crippen LogP contribution in [0.15, 0.2) is 16.9 Å². The number of ether oxygens (including phenoxy) is 1. The molecule has 3 aromatic rings. The number of nitrogens with two attached hydrogens (primary N) is 1. The molecular formula is C13H16IN5O2. The van der Waals surface area contributed by atoms with E-state index in [1.165, 1.54) is 0 Å². The Hall–Kier alpha value is -1.55. The minimum absolute atomic E-state index is 0.132. The predicted octanol–water partition coefficient (Wildman–Crippen LogP) is 1.60. The summed E-state index contributed by atoms with van der Waals surface area (Å²) < 4.78 is 9.57. The van der Waals surface area contributed by atoms with Crippen molar-refractivity contribution in [3.05, 3.63) is 22.6 Å². The standard InChI is InChI=1S/C13H16IN5O2/c1-18-10-6-11-9(5-8(10)17-13(18)20)16-12(15)19(11)3-2-4-21-7-14/h5-6H,2-4,7H2,1H3,(H2,15,16)(H,17,20). The van der Waals surface area contributed by atoms with Crippen molar-refractivity contribution in [2.75, 3.05) is 17.0 Å². The smallest absolute Gasteiger partial charge is 0.326 e. The van der Waals surface area contributed by atoms with Crippen molar-refractivity contribution in [2.45, 2.75) is 13.0 Å². The molecule has 8 heteroatoms. The molecule has 0 saturated carbocycles. The number of hydrogen-bond acceptors (Lipinski definition) is 4. The molecule has 7 nitrogen and oxygen atoms in total. The number of hydrogen-bond donors (Lipinski definition) is 2. The first-order chi connectivity index (χ1) is 10.1. The summed E-state index contributed by atoms with van der Waals surface area (Å²) >= 11 is 2.17. The van der Waals surface area contributed by atoms with E-state index < -0.39 is 0 Å². The van der Waals surface area contributed by atoms with Crippen LogP contribution < -0.4 is 11.4 Å². The number of alkyl halides is 1. The molecule has 0 aliphatic carbocycles. The first-order valence-electron chi connectivity index (χ1n) is 6.60. The molecule has 3 N–H and O–H groups in total. The van der Waals surface area contributed by atoms with Crippen molar-refractivity contribution in [3.63, 3.8) is 0 Å². The van der Waals surface area contributed by atoms with Gasteiger partial charge in [-0.3, -0.25) is 4.57 Å². The lowest BCUT2D eigenvalue weighted by Crippen LogP contribution is -2.11. The largest absolute Gasteiger partial charge is 0.371 e. The second kappa shape index (κ2) is 5.68. The molecule has 3 rings (SSSR count). The van der Waals surface area contributed by atoms with E-state index in [1.54, 1.807) is 11.6 Å². The van der Waals surface area contributed by atoms with E-state index in [0.29, 0.717) is 17.2 Å². The van der Waals surface area contributed by atoms with Crippen molar-refractivity contribution in [1.82, 2.24) is 19.1 Å². The zero-order valence-electron chi connectivity index (χ0n) is 11.6. The average Bonchev–Trinajstić information content (AvgIpc) is 2.90. The minimum Gasteiger partial charge on any atom is -0.371 e. The van der Waals surface area contributed by atoms with Crippen LogP contribution in [0.5, 0.6) is 0 Å². The second-order valence-corrected chi connectivity index (χ2v) is 5.46. The number of aromatic nitrogens is 4. The molecule has 0 amide bonds. The van der Waals surface area contributed by atoms with Crippen LogP contribution in [0, 0.1) is 0 Å². The molecule has 0 radical (unpaired) electrons. The highest BCUT2D eigenvalue weighted by molar-refractivity contribution is 14.1. The number of nitrogens with one attached hydrogen (secondary N) is 1. The van der Waals surface area contributed by atoms with Crippen molar-refractivity contribution >= 4 is 50.6 Å². The van der Waals surface area contributed by atoms with Crippen molar-refractivity contribution in [1.29, 1.82) is 0 Å². The number of H-pyrrole nitrogens is 1. The molecule has 0 atom stereocenters. The Morgan fingerprint density at radius 2 is 2.24 bits per heavy atom. The van der Waals surface area contributed by atoms with E-state index in [4.69, 9.17) is 10.5 Å². The van der Waals surface area contributed by atoms with Crippen LogP contribution in [0.25, 0.3) is 22.1 Å². The zero-order valence-corrected chi connectivity index (χ0v) is 13.8. The normalized spacial score (nSPS) is 11.7. The molecule has 0 spiro atoms. The van der Waals surface area contributed by atoms with Gasteiger partial charge in [0, 0.05) is 20.2 Å². The highest BCUT2D eigenvalue weighted by Gasteiger charge is 2.12. The first-order valence-corrected chi connectivity index (χ1v) is 8.12. The number of aromatic amines is 1. The van der Waals surface area contributed by atoms with Crippen molar-refractivity contribution in [2.24, 2.45) is 7.05 Å². The van der Waals surface area contributed by atoms with Gasteiger partial charge in [-0.1, -0.05) is 22.6 Å². The van der Waals surface area contributed by atoms with Crippen molar-refractivity contribution < 1.29 is 4.74 Å². The molecule has 0 aliphatic rings. The lowest BCUT2D eigenvalue weighted by atomic mass is 10.2. The molecule has 21 heavy (non-hydrogen) atoms. The van der Waals surface area contributed by atoms with Gasteiger partial charge in [0.1, 0.15) is 0 Å². The van der Waals surface area contributed by atoms with Crippen molar-refractivity contribution in [3.8, 4) is 0 Å². The summed E-state index contributed by atoms with van der Waals surface area (Å²) in [4.78, 5) is 18.8. The van der Waals surface area contributed by atoms with E-state index in [0.717, 1.165) is 35.0 Å². The number of anilines is 1. The third kappa shape index (κ3) is 2.53. The molecule has 0 unspecified atom stereocenters. The van der Waals surface area contributed by atoms with Gasteiger partial charge in [0.2, 0.25) is 5.95 Å². The summed E-state index contributed by atoms with van der Waals surface area (Å²) in [6, 6.07) is 3.81. The lowest BCUT2D eigenvalue weighted by Gasteiger charge is -2.06. The van der Waals surface area contributed by atoms with Crippen LogP contribution in [0.1, 0.15) is 6.42 Å². The Balaban J connectivity index is 2.05. The number of fused-ring (bicyclic) bond motifs is 2. The maximum atomic E-state index is 11.7. The summed E-state index contributed by atoms with van der Waals surface area (Å²) in [5.41, 5.74) is 9.21. The zero-order chi connectivity index (χ0) is 15.0. The Bertz CT molecular complexity index is 848. The number of rotatable bonds is 5. The van der Waals surface area contributed by atoms with E-state index in [2.05, 4.69) is 32.6 Å². The third-order valence-electron chi connectivity index (χ3n) is 3.55. The number of nitrogen functional groups attached to an aromatic ring is 1. The number of nitrogens with zero attached hydrogens (tertiary/aromatic N) is 3. The average molecular weight is 401 g/mol. The molecule has 1 aromatic carbocycles. The Morgan fingerprint density at radius 3 is 3.00 bits per heavy atom. The van der Waals surface area contributed by atoms with Gasteiger partial charge in [-0.2, -0.15) is 0 Å². The van der Waals surface area contributed by atoms with Gasteiger partial charge in [0.15, 0.2) is 0 Å². The summed E-state index contributed by atoms with van der Waals surface area (Å²) in [5.74, 6) is 0.483. The fraction of sp³-hybridized carbons (Fsp3) is 0.385. The Labute approximate surface area is 134 Å². The molecular weight excluding hydrogens is 385 g/mol. The number of benzene rings is 1. The molecule has 0 bridgehead atoms. The van der Waals surface area contributed by atoms with E-state index >= 15 is 0 Å². The number of halogens is 1. The van der Waals surface area contributed by atoms with Crippen LogP contribution >= 0.6 is 22.6 Å². The van der Waals surface area contributed by atoms with Gasteiger partial charge in [0.05, 0.1) is 26.7 Å². The highest BCUT2D eigenvalue weighted by Crippen LogP contribution is 2.23. The molecule has 2 aromatic heterocycles. The monoisotopic (exact) mass is 401 g/mol. The molecule has 0 aliphatic heterocycles. The Kier molecular flexibility index (Phi) is 3.89. The quantitative estimate of drug-likeness (QED) is 0.386. The summed E-state index contributed by atoms with van der Waals surface area (Å²) in [5, 5.41) is 0. The summed E-state index contributed by atoms with van der Waals surface area (Å²) in [7, 11) is 1.74. The van der Waals surface area contributed by atoms with E-state index in [9.17, 15) is 4.79 Å². The Morgan fingerprint density at radius 1 is 1.43 bits per heavy atom. The van der Waals surface area contributed by atoms with Crippen LogP contribution in [-0.2, 0) is 18.3 Å². The van der Waals surface area contributed by atoms with Gasteiger partial charge in [-0.25, -0.2) is 9.78 Å². The maximum absolute atomic E-state index is 11.7. The summed E-state index contributed by atoms with van der Waals surface area (Å²) in [6.45, 7) is 1.43.